The van der Waals surface area contributed by atoms with E-state index >= 15 is 0 Å². The Labute approximate surface area is 126 Å². The van der Waals surface area contributed by atoms with Gasteiger partial charge in [0.1, 0.15) is 0 Å². The van der Waals surface area contributed by atoms with Gasteiger partial charge in [0.05, 0.1) is 5.01 Å². The lowest BCUT2D eigenvalue weighted by molar-refractivity contribution is 0.548. The van der Waals surface area contributed by atoms with Gasteiger partial charge in [-0.1, -0.05) is 44.5 Å². The fraction of sp³-hybridized carbons (Fsp3) is 0.471. The van der Waals surface area contributed by atoms with Gasteiger partial charge in [-0.05, 0) is 31.0 Å². The Hall–Kier alpha value is -1.19. The minimum atomic E-state index is 0.363. The second-order valence-corrected chi connectivity index (χ2v) is 6.13. The third kappa shape index (κ3) is 4.15. The minimum absolute atomic E-state index is 0.363. The molecular weight excluding hydrogens is 264 g/mol. The van der Waals surface area contributed by atoms with Crippen LogP contribution < -0.4 is 5.32 Å². The Balaban J connectivity index is 2.16. The van der Waals surface area contributed by atoms with Gasteiger partial charge in [0.15, 0.2) is 0 Å². The summed E-state index contributed by atoms with van der Waals surface area (Å²) in [6.07, 6.45) is 3.33. The number of likely N-dealkylation sites (N-methyl/N-ethyl adjacent to an activating group) is 1. The van der Waals surface area contributed by atoms with E-state index in [1.807, 2.05) is 0 Å². The molecule has 0 spiro atoms. The molecule has 3 heteroatoms. The van der Waals surface area contributed by atoms with Crippen molar-refractivity contribution in [2.45, 2.75) is 46.1 Å². The van der Waals surface area contributed by atoms with Crippen molar-refractivity contribution in [3.8, 4) is 0 Å². The summed E-state index contributed by atoms with van der Waals surface area (Å²) in [4.78, 5) is 4.60. The van der Waals surface area contributed by atoms with Gasteiger partial charge in [0.25, 0.3) is 0 Å². The molecule has 2 nitrogen and oxygen atoms in total. The molecule has 0 saturated heterocycles. The summed E-state index contributed by atoms with van der Waals surface area (Å²) in [6.45, 7) is 7.43. The SMILES string of the molecule is CCCc1cccc(C(Cc2nc(C)cs2)NCC)c1. The molecule has 2 rings (SSSR count). The van der Waals surface area contributed by atoms with Crippen molar-refractivity contribution in [1.29, 1.82) is 0 Å². The third-order valence-electron chi connectivity index (χ3n) is 3.39. The van der Waals surface area contributed by atoms with Gasteiger partial charge < -0.3 is 5.32 Å². The summed E-state index contributed by atoms with van der Waals surface area (Å²) >= 11 is 1.76. The number of aryl methyl sites for hydroxylation is 2. The summed E-state index contributed by atoms with van der Waals surface area (Å²) in [5.74, 6) is 0. The number of benzene rings is 1. The molecule has 1 heterocycles. The van der Waals surface area contributed by atoms with Gasteiger partial charge in [-0.2, -0.15) is 0 Å². The second-order valence-electron chi connectivity index (χ2n) is 5.19. The molecule has 1 N–H and O–H groups in total. The highest BCUT2D eigenvalue weighted by atomic mass is 32.1. The summed E-state index contributed by atoms with van der Waals surface area (Å²) in [6, 6.07) is 9.34. The van der Waals surface area contributed by atoms with Crippen LogP contribution in [0.3, 0.4) is 0 Å². The molecule has 20 heavy (non-hydrogen) atoms. The number of thiazole rings is 1. The lowest BCUT2D eigenvalue weighted by Gasteiger charge is -2.18. The normalized spacial score (nSPS) is 12.6. The van der Waals surface area contributed by atoms with Gasteiger partial charge >= 0.3 is 0 Å². The van der Waals surface area contributed by atoms with E-state index in [1.54, 1.807) is 11.3 Å². The molecule has 0 saturated carbocycles. The molecule has 2 aromatic rings. The molecule has 108 valence electrons. The van der Waals surface area contributed by atoms with Crippen molar-refractivity contribution in [3.05, 3.63) is 51.5 Å². The fourth-order valence-corrected chi connectivity index (χ4v) is 3.30. The van der Waals surface area contributed by atoms with Crippen LogP contribution in [0.2, 0.25) is 0 Å². The lowest BCUT2D eigenvalue weighted by atomic mass is 9.99. The van der Waals surface area contributed by atoms with Crippen molar-refractivity contribution in [1.82, 2.24) is 10.3 Å². The number of hydrogen-bond donors (Lipinski definition) is 1. The Bertz CT molecular complexity index is 533. The van der Waals surface area contributed by atoms with Crippen LogP contribution in [-0.4, -0.2) is 11.5 Å². The quantitative estimate of drug-likeness (QED) is 0.821. The van der Waals surface area contributed by atoms with E-state index in [-0.39, 0.29) is 0 Å². The van der Waals surface area contributed by atoms with Crippen LogP contribution in [0.1, 0.15) is 48.1 Å². The highest BCUT2D eigenvalue weighted by molar-refractivity contribution is 7.09. The smallest absolute Gasteiger partial charge is 0.0947 e. The van der Waals surface area contributed by atoms with Crippen LogP contribution in [0.25, 0.3) is 0 Å². The number of nitrogens with zero attached hydrogens (tertiary/aromatic N) is 1. The zero-order valence-electron chi connectivity index (χ0n) is 12.6. The van der Waals surface area contributed by atoms with Crippen LogP contribution in [0.15, 0.2) is 29.6 Å². The predicted octanol–water partition coefficient (Wildman–Crippen LogP) is 4.30. The third-order valence-corrected chi connectivity index (χ3v) is 4.38. The first-order chi connectivity index (χ1) is 9.72. The van der Waals surface area contributed by atoms with Crippen LogP contribution in [0, 0.1) is 6.92 Å². The first-order valence-electron chi connectivity index (χ1n) is 7.46. The minimum Gasteiger partial charge on any atom is -0.310 e. The lowest BCUT2D eigenvalue weighted by Crippen LogP contribution is -2.23. The van der Waals surface area contributed by atoms with E-state index in [4.69, 9.17) is 0 Å². The van der Waals surface area contributed by atoms with E-state index in [1.165, 1.54) is 22.6 Å². The highest BCUT2D eigenvalue weighted by Crippen LogP contribution is 2.22. The second kappa shape index (κ2) is 7.55. The van der Waals surface area contributed by atoms with Gasteiger partial charge in [-0.15, -0.1) is 11.3 Å². The van der Waals surface area contributed by atoms with Crippen molar-refractivity contribution in [3.63, 3.8) is 0 Å². The van der Waals surface area contributed by atoms with Crippen LogP contribution in [0.4, 0.5) is 0 Å². The Morgan fingerprint density at radius 3 is 2.80 bits per heavy atom. The van der Waals surface area contributed by atoms with Gasteiger partial charge in [-0.25, -0.2) is 4.98 Å². The summed E-state index contributed by atoms with van der Waals surface area (Å²) < 4.78 is 0. The number of hydrogen-bond acceptors (Lipinski definition) is 3. The molecule has 0 aliphatic carbocycles. The Morgan fingerprint density at radius 1 is 1.30 bits per heavy atom. The molecule has 1 aromatic carbocycles. The Kier molecular flexibility index (Phi) is 5.74. The van der Waals surface area contributed by atoms with Crippen molar-refractivity contribution in [2.24, 2.45) is 0 Å². The largest absolute Gasteiger partial charge is 0.310 e. The number of nitrogens with one attached hydrogen (secondary N) is 1. The maximum absolute atomic E-state index is 4.60. The number of rotatable bonds is 7. The van der Waals surface area contributed by atoms with Gasteiger partial charge in [-0.3, -0.25) is 0 Å². The maximum atomic E-state index is 4.60. The molecule has 0 aliphatic rings. The van der Waals surface area contributed by atoms with Crippen LogP contribution in [-0.2, 0) is 12.8 Å². The molecule has 0 fully saturated rings. The van der Waals surface area contributed by atoms with E-state index < -0.39 is 0 Å². The molecular formula is C17H24N2S. The van der Waals surface area contributed by atoms with E-state index in [2.05, 4.69) is 60.7 Å². The average Bonchev–Trinajstić information content (AvgIpc) is 2.84. The molecule has 0 radical (unpaired) electrons. The summed E-state index contributed by atoms with van der Waals surface area (Å²) in [7, 11) is 0. The molecule has 1 atom stereocenters. The number of aromatic nitrogens is 1. The van der Waals surface area contributed by atoms with Crippen molar-refractivity contribution >= 4 is 11.3 Å². The average molecular weight is 288 g/mol. The highest BCUT2D eigenvalue weighted by Gasteiger charge is 2.13. The zero-order chi connectivity index (χ0) is 14.4. The zero-order valence-corrected chi connectivity index (χ0v) is 13.5. The van der Waals surface area contributed by atoms with Crippen LogP contribution >= 0.6 is 11.3 Å². The molecule has 1 unspecified atom stereocenters. The molecule has 0 amide bonds. The van der Waals surface area contributed by atoms with E-state index in [0.717, 1.165) is 25.1 Å². The first-order valence-corrected chi connectivity index (χ1v) is 8.34. The fourth-order valence-electron chi connectivity index (χ4n) is 2.48. The predicted molar refractivity (Wildman–Crippen MR) is 87.4 cm³/mol. The Morgan fingerprint density at radius 2 is 2.15 bits per heavy atom. The van der Waals surface area contributed by atoms with Crippen molar-refractivity contribution < 1.29 is 0 Å². The van der Waals surface area contributed by atoms with Gasteiger partial charge in [0.2, 0.25) is 0 Å². The maximum Gasteiger partial charge on any atom is 0.0947 e. The molecule has 0 aliphatic heterocycles. The van der Waals surface area contributed by atoms with Crippen LogP contribution in [0.5, 0.6) is 0 Å². The standard InChI is InChI=1S/C17H24N2S/c1-4-7-14-8-6-9-15(10-14)16(18-5-2)11-17-19-13(3)12-20-17/h6,8-10,12,16,18H,4-5,7,11H2,1-3H3. The molecule has 0 bridgehead atoms. The van der Waals surface area contributed by atoms with E-state index in [9.17, 15) is 0 Å². The molecule has 1 aromatic heterocycles. The van der Waals surface area contributed by atoms with Gasteiger partial charge in [0, 0.05) is 23.5 Å². The van der Waals surface area contributed by atoms with E-state index in [0.29, 0.717) is 6.04 Å². The summed E-state index contributed by atoms with van der Waals surface area (Å²) in [5, 5.41) is 6.94. The monoisotopic (exact) mass is 288 g/mol. The van der Waals surface area contributed by atoms with Crippen molar-refractivity contribution in [2.75, 3.05) is 6.54 Å². The first kappa shape index (κ1) is 15.2. The topological polar surface area (TPSA) is 24.9 Å². The summed E-state index contributed by atoms with van der Waals surface area (Å²) in [5.41, 5.74) is 3.94.